The van der Waals surface area contributed by atoms with Crippen LogP contribution in [0.4, 0.5) is 17.1 Å². The van der Waals surface area contributed by atoms with Gasteiger partial charge in [0.15, 0.2) is 0 Å². The highest BCUT2D eigenvalue weighted by atomic mass is 15.1. The molecule has 1 nitrogen and oxygen atoms in total. The predicted octanol–water partition coefficient (Wildman–Crippen LogP) is 15.4. The molecule has 9 aromatic rings. The van der Waals surface area contributed by atoms with E-state index in [2.05, 4.69) is 158 Å². The summed E-state index contributed by atoms with van der Waals surface area (Å²) in [4.78, 5) is 2.35. The van der Waals surface area contributed by atoms with Crippen molar-refractivity contribution in [2.75, 3.05) is 4.90 Å². The van der Waals surface area contributed by atoms with Crippen LogP contribution in [0.5, 0.6) is 0 Å². The fourth-order valence-electron chi connectivity index (χ4n) is 11.0. The summed E-state index contributed by atoms with van der Waals surface area (Å²) in [5.41, 5.74) is 16.9. The minimum atomic E-state index is -2.26. The number of rotatable bonds is 7. The van der Waals surface area contributed by atoms with Crippen molar-refractivity contribution in [2.45, 2.75) is 50.2 Å². The SMILES string of the molecule is [2H]C1([2H])c2ccc(C3(c4ccc5c(c4)C([2H])([2H])C5([2H])[2H])c4ccccc4-c4ccc(N(c5ccc6c(c5)C(C)(C)c5ccccc5-6)c5ccc(-c6ccccc6)cc5-c5ccccc5)cc43)cc2C1([2H])[2H]. The smallest absolute Gasteiger partial charge is 0.0714 e. The van der Waals surface area contributed by atoms with Gasteiger partial charge in [-0.1, -0.05) is 178 Å². The average Bonchev–Trinajstić information content (AvgIpc) is 3.81. The van der Waals surface area contributed by atoms with E-state index < -0.39 is 30.9 Å². The van der Waals surface area contributed by atoms with E-state index >= 15 is 0 Å². The van der Waals surface area contributed by atoms with Crippen molar-refractivity contribution in [3.05, 3.63) is 256 Å². The van der Waals surface area contributed by atoms with Gasteiger partial charge in [0.05, 0.1) is 11.1 Å². The molecule has 0 saturated heterocycles. The zero-order valence-electron chi connectivity index (χ0n) is 43.0. The average molecular weight is 814 g/mol. The van der Waals surface area contributed by atoms with E-state index in [1.165, 1.54) is 22.3 Å². The molecule has 0 amide bonds. The van der Waals surface area contributed by atoms with Crippen LogP contribution in [0.15, 0.2) is 200 Å². The minimum absolute atomic E-state index is 0.284. The van der Waals surface area contributed by atoms with Gasteiger partial charge >= 0.3 is 0 Å². The molecule has 0 spiro atoms. The van der Waals surface area contributed by atoms with Gasteiger partial charge in [0, 0.05) is 33.3 Å². The maximum atomic E-state index is 9.00. The van der Waals surface area contributed by atoms with E-state index in [9.17, 15) is 0 Å². The van der Waals surface area contributed by atoms with Gasteiger partial charge in [0.1, 0.15) is 0 Å². The molecular weight excluding hydrogens is 759 g/mol. The van der Waals surface area contributed by atoms with Crippen LogP contribution in [-0.2, 0) is 36.3 Å². The van der Waals surface area contributed by atoms with Crippen molar-refractivity contribution in [3.8, 4) is 44.5 Å². The second-order valence-electron chi connectivity index (χ2n) is 17.7. The number of fused-ring (bicyclic) bond motifs is 8. The number of benzene rings is 9. The molecule has 63 heavy (non-hydrogen) atoms. The highest BCUT2D eigenvalue weighted by Crippen LogP contribution is 2.59. The molecule has 0 N–H and O–H groups in total. The molecule has 0 bridgehead atoms. The normalized spacial score (nSPS) is 20.2. The summed E-state index contributed by atoms with van der Waals surface area (Å²) in [5, 5.41) is 0. The van der Waals surface area contributed by atoms with Gasteiger partial charge < -0.3 is 4.90 Å². The Kier molecular flexibility index (Phi) is 6.31. The standard InChI is InChI=1S/C62H47N/c1-61(2)56-19-11-9-17-51(56)53-32-30-49(38-58(53)61)63(60-34-27-46(40-13-5-3-6-14-40)37-55(60)43-15-7-4-8-16-43)50-31-33-54-52-18-10-12-20-57(52)62(59(54)39-50,47-28-25-41-21-23-44(41)35-47)48-29-26-42-22-24-45(42)36-48/h3-20,25-39H,21-24H2,1-2H3/i21D2,22D2,23D2,24D2. The third-order valence-corrected chi connectivity index (χ3v) is 14.1. The number of anilines is 3. The molecule has 0 radical (unpaired) electrons. The third-order valence-electron chi connectivity index (χ3n) is 14.1. The molecule has 0 aromatic heterocycles. The van der Waals surface area contributed by atoms with Crippen LogP contribution < -0.4 is 4.90 Å². The maximum absolute atomic E-state index is 9.00. The van der Waals surface area contributed by atoms with Crippen LogP contribution in [0.25, 0.3) is 44.5 Å². The van der Waals surface area contributed by atoms with Gasteiger partial charge in [-0.3, -0.25) is 0 Å². The fraction of sp³-hybridized carbons (Fsp3) is 0.129. The summed E-state index contributed by atoms with van der Waals surface area (Å²) >= 11 is 0. The Bertz CT molecular complexity index is 3630. The molecule has 4 aliphatic carbocycles. The second-order valence-corrected chi connectivity index (χ2v) is 17.7. The Morgan fingerprint density at radius 3 is 1.52 bits per heavy atom. The minimum Gasteiger partial charge on any atom is -0.310 e. The predicted molar refractivity (Wildman–Crippen MR) is 262 cm³/mol. The summed E-state index contributed by atoms with van der Waals surface area (Å²) < 4.78 is 70.9. The summed E-state index contributed by atoms with van der Waals surface area (Å²) in [7, 11) is 0. The summed E-state index contributed by atoms with van der Waals surface area (Å²) in [6.07, 6.45) is -8.87. The zero-order chi connectivity index (χ0) is 49.0. The number of nitrogens with zero attached hydrogens (tertiary/aromatic N) is 1. The first-order valence-corrected chi connectivity index (χ1v) is 21.8. The van der Waals surface area contributed by atoms with E-state index in [1.54, 1.807) is 12.1 Å². The molecular formula is C62H47N. The molecule has 0 fully saturated rings. The van der Waals surface area contributed by atoms with Gasteiger partial charge in [-0.15, -0.1) is 0 Å². The van der Waals surface area contributed by atoms with Crippen LogP contribution in [0.3, 0.4) is 0 Å². The Hall–Kier alpha value is -7.22. The lowest BCUT2D eigenvalue weighted by molar-refractivity contribution is 0.660. The van der Waals surface area contributed by atoms with Gasteiger partial charge in [-0.25, -0.2) is 0 Å². The summed E-state index contributed by atoms with van der Waals surface area (Å²) in [5.74, 6) is 0. The van der Waals surface area contributed by atoms with Crippen LogP contribution in [0.2, 0.25) is 0 Å². The first-order chi connectivity index (χ1) is 34.0. The molecule has 0 saturated carbocycles. The lowest BCUT2D eigenvalue weighted by atomic mass is 9.65. The molecule has 0 unspecified atom stereocenters. The zero-order valence-corrected chi connectivity index (χ0v) is 35.0. The quantitative estimate of drug-likeness (QED) is 0.155. The molecule has 0 aliphatic heterocycles. The highest BCUT2D eigenvalue weighted by molar-refractivity contribution is 5.95. The molecule has 1 heteroatoms. The van der Waals surface area contributed by atoms with Crippen molar-refractivity contribution in [3.63, 3.8) is 0 Å². The van der Waals surface area contributed by atoms with Crippen molar-refractivity contribution in [2.24, 2.45) is 0 Å². The molecule has 9 aromatic carbocycles. The largest absolute Gasteiger partial charge is 0.310 e. The molecule has 0 heterocycles. The van der Waals surface area contributed by atoms with Gasteiger partial charge in [0.2, 0.25) is 0 Å². The monoisotopic (exact) mass is 813 g/mol. The van der Waals surface area contributed by atoms with Crippen molar-refractivity contribution in [1.29, 1.82) is 0 Å². The Labute approximate surface area is 382 Å². The molecule has 13 rings (SSSR count). The van der Waals surface area contributed by atoms with E-state index in [1.807, 2.05) is 48.5 Å². The van der Waals surface area contributed by atoms with E-state index in [4.69, 9.17) is 11.0 Å². The topological polar surface area (TPSA) is 3.24 Å². The first-order valence-electron chi connectivity index (χ1n) is 25.8. The Balaban J connectivity index is 1.11. The number of hydrogen-bond donors (Lipinski definition) is 0. The lowest BCUT2D eigenvalue weighted by Crippen LogP contribution is -2.30. The molecule has 0 atom stereocenters. The second kappa shape index (κ2) is 13.6. The summed E-state index contributed by atoms with van der Waals surface area (Å²) in [6, 6.07) is 68.7. The fourth-order valence-corrected chi connectivity index (χ4v) is 11.0. The lowest BCUT2D eigenvalue weighted by Gasteiger charge is -2.37. The van der Waals surface area contributed by atoms with Crippen LogP contribution in [0.1, 0.15) is 80.4 Å². The number of hydrogen-bond acceptors (Lipinski definition) is 1. The Morgan fingerprint density at radius 1 is 0.365 bits per heavy atom. The molecule has 4 aliphatic rings. The van der Waals surface area contributed by atoms with Gasteiger partial charge in [-0.05, 0) is 156 Å². The van der Waals surface area contributed by atoms with Gasteiger partial charge in [0.25, 0.3) is 0 Å². The third kappa shape index (κ3) is 5.29. The van der Waals surface area contributed by atoms with Crippen molar-refractivity contribution in [1.82, 2.24) is 0 Å². The van der Waals surface area contributed by atoms with Gasteiger partial charge in [-0.2, -0.15) is 0 Å². The van der Waals surface area contributed by atoms with Crippen LogP contribution in [-0.4, -0.2) is 0 Å². The van der Waals surface area contributed by atoms with E-state index in [0.29, 0.717) is 22.3 Å². The van der Waals surface area contributed by atoms with Crippen molar-refractivity contribution >= 4 is 17.1 Å². The van der Waals surface area contributed by atoms with Crippen molar-refractivity contribution < 1.29 is 11.0 Å². The molecule has 300 valence electrons. The van der Waals surface area contributed by atoms with E-state index in [0.717, 1.165) is 61.6 Å². The van der Waals surface area contributed by atoms with Crippen LogP contribution >= 0.6 is 0 Å². The summed E-state index contributed by atoms with van der Waals surface area (Å²) in [6.45, 7) is 4.59. The first kappa shape index (κ1) is 29.1. The maximum Gasteiger partial charge on any atom is 0.0714 e. The Morgan fingerprint density at radius 2 is 0.873 bits per heavy atom. The van der Waals surface area contributed by atoms with E-state index in [-0.39, 0.29) is 16.5 Å². The highest BCUT2D eigenvalue weighted by Gasteiger charge is 2.47. The van der Waals surface area contributed by atoms with Crippen LogP contribution in [0, 0.1) is 0 Å². The number of aryl methyl sites for hydroxylation is 4.